The number of halogens is 3. The fraction of sp³-hybridized carbons (Fsp3) is 0.300. The van der Waals surface area contributed by atoms with Crippen LogP contribution in [0.3, 0.4) is 0 Å². The monoisotopic (exact) mass is 217 g/mol. The highest BCUT2D eigenvalue weighted by atomic mass is 19.4. The lowest BCUT2D eigenvalue weighted by Crippen LogP contribution is -2.33. The number of ketones is 1. The lowest BCUT2D eigenvalue weighted by molar-refractivity contribution is -0.172. The summed E-state index contributed by atoms with van der Waals surface area (Å²) in [6, 6.07) is 7.72. The topological polar surface area (TPSA) is 43.1 Å². The van der Waals surface area contributed by atoms with E-state index in [9.17, 15) is 18.0 Å². The summed E-state index contributed by atoms with van der Waals surface area (Å²) in [6.45, 7) is -0.345. The first-order valence-corrected chi connectivity index (χ1v) is 4.33. The third kappa shape index (κ3) is 2.79. The van der Waals surface area contributed by atoms with Gasteiger partial charge in [-0.3, -0.25) is 4.79 Å². The van der Waals surface area contributed by atoms with Crippen molar-refractivity contribution in [2.45, 2.75) is 12.1 Å². The zero-order valence-electron chi connectivity index (χ0n) is 7.79. The Bertz CT molecular complexity index is 334. The molecule has 0 amide bonds. The van der Waals surface area contributed by atoms with E-state index in [2.05, 4.69) is 0 Å². The van der Waals surface area contributed by atoms with Crippen LogP contribution in [-0.2, 0) is 4.79 Å². The van der Waals surface area contributed by atoms with E-state index >= 15 is 0 Å². The Morgan fingerprint density at radius 1 is 1.27 bits per heavy atom. The first-order chi connectivity index (χ1) is 6.96. The van der Waals surface area contributed by atoms with Crippen LogP contribution in [0.15, 0.2) is 30.3 Å². The average Bonchev–Trinajstić information content (AvgIpc) is 2.19. The molecule has 0 fully saturated rings. The van der Waals surface area contributed by atoms with Crippen molar-refractivity contribution in [1.82, 2.24) is 0 Å². The van der Waals surface area contributed by atoms with Gasteiger partial charge in [-0.1, -0.05) is 30.3 Å². The van der Waals surface area contributed by atoms with Crippen LogP contribution in [0.1, 0.15) is 11.5 Å². The summed E-state index contributed by atoms with van der Waals surface area (Å²) < 4.78 is 36.5. The van der Waals surface area contributed by atoms with Gasteiger partial charge in [-0.05, 0) is 5.56 Å². The summed E-state index contributed by atoms with van der Waals surface area (Å²) in [6.07, 6.45) is -4.83. The molecule has 0 spiro atoms. The van der Waals surface area contributed by atoms with Gasteiger partial charge in [0.1, 0.15) is 0 Å². The van der Waals surface area contributed by atoms with Crippen LogP contribution in [-0.4, -0.2) is 18.5 Å². The van der Waals surface area contributed by atoms with Gasteiger partial charge in [0.05, 0.1) is 5.92 Å². The van der Waals surface area contributed by atoms with Gasteiger partial charge in [0.15, 0.2) is 0 Å². The van der Waals surface area contributed by atoms with Crippen LogP contribution in [0.4, 0.5) is 13.2 Å². The van der Waals surface area contributed by atoms with Crippen molar-refractivity contribution in [1.29, 1.82) is 0 Å². The summed E-state index contributed by atoms with van der Waals surface area (Å²) >= 11 is 0. The predicted octanol–water partition coefficient (Wildman–Crippen LogP) is 1.86. The second-order valence-corrected chi connectivity index (χ2v) is 3.06. The second-order valence-electron chi connectivity index (χ2n) is 3.06. The number of carbonyl (C=O) groups is 1. The predicted molar refractivity (Wildman–Crippen MR) is 49.3 cm³/mol. The van der Waals surface area contributed by atoms with E-state index in [1.807, 2.05) is 0 Å². The van der Waals surface area contributed by atoms with E-state index in [4.69, 9.17) is 5.73 Å². The first kappa shape index (κ1) is 11.7. The second kappa shape index (κ2) is 4.44. The standard InChI is InChI=1S/C10H10F3NO/c11-10(12,13)9(15)8(6-14)7-4-2-1-3-5-7/h1-5,8H,6,14H2. The van der Waals surface area contributed by atoms with Crippen molar-refractivity contribution in [3.05, 3.63) is 35.9 Å². The molecular formula is C10H10F3NO. The lowest BCUT2D eigenvalue weighted by Gasteiger charge is -2.15. The first-order valence-electron chi connectivity index (χ1n) is 4.33. The van der Waals surface area contributed by atoms with E-state index in [0.29, 0.717) is 5.56 Å². The highest BCUT2D eigenvalue weighted by molar-refractivity contribution is 5.90. The summed E-state index contributed by atoms with van der Waals surface area (Å²) in [7, 11) is 0. The number of benzene rings is 1. The molecule has 1 unspecified atom stereocenters. The Balaban J connectivity index is 2.96. The lowest BCUT2D eigenvalue weighted by atomic mass is 9.94. The van der Waals surface area contributed by atoms with E-state index in [1.54, 1.807) is 18.2 Å². The Hall–Kier alpha value is -1.36. The Morgan fingerprint density at radius 2 is 1.80 bits per heavy atom. The Morgan fingerprint density at radius 3 is 2.20 bits per heavy atom. The number of hydrogen-bond acceptors (Lipinski definition) is 2. The van der Waals surface area contributed by atoms with E-state index in [-0.39, 0.29) is 6.54 Å². The maximum absolute atomic E-state index is 12.2. The highest BCUT2D eigenvalue weighted by Crippen LogP contribution is 2.26. The largest absolute Gasteiger partial charge is 0.450 e. The van der Waals surface area contributed by atoms with Gasteiger partial charge in [0.25, 0.3) is 0 Å². The molecule has 1 aromatic rings. The molecule has 0 saturated heterocycles. The normalized spacial score (nSPS) is 13.6. The van der Waals surface area contributed by atoms with E-state index < -0.39 is 17.9 Å². The van der Waals surface area contributed by atoms with Crippen LogP contribution >= 0.6 is 0 Å². The van der Waals surface area contributed by atoms with Crippen molar-refractivity contribution < 1.29 is 18.0 Å². The molecule has 2 nitrogen and oxygen atoms in total. The SMILES string of the molecule is NCC(C(=O)C(F)(F)F)c1ccccc1. The van der Waals surface area contributed by atoms with Crippen molar-refractivity contribution in [2.75, 3.05) is 6.54 Å². The summed E-state index contributed by atoms with van der Waals surface area (Å²) in [4.78, 5) is 11.0. The van der Waals surface area contributed by atoms with Crippen molar-refractivity contribution >= 4 is 5.78 Å². The molecule has 1 atom stereocenters. The molecular weight excluding hydrogens is 207 g/mol. The number of nitrogens with two attached hydrogens (primary N) is 1. The smallest absolute Gasteiger partial charge is 0.329 e. The maximum Gasteiger partial charge on any atom is 0.450 e. The van der Waals surface area contributed by atoms with E-state index in [0.717, 1.165) is 0 Å². The highest BCUT2D eigenvalue weighted by Gasteiger charge is 2.43. The zero-order chi connectivity index (χ0) is 11.5. The third-order valence-corrected chi connectivity index (χ3v) is 2.03. The molecule has 0 aliphatic heterocycles. The molecule has 0 aliphatic rings. The minimum absolute atomic E-state index is 0.294. The molecule has 0 saturated carbocycles. The number of rotatable bonds is 3. The molecule has 0 radical (unpaired) electrons. The van der Waals surface area contributed by atoms with Gasteiger partial charge in [-0.2, -0.15) is 13.2 Å². The van der Waals surface area contributed by atoms with Crippen molar-refractivity contribution in [3.8, 4) is 0 Å². The van der Waals surface area contributed by atoms with Crippen molar-refractivity contribution in [3.63, 3.8) is 0 Å². The number of carbonyl (C=O) groups excluding carboxylic acids is 1. The summed E-state index contributed by atoms with van der Waals surface area (Å²) in [5.41, 5.74) is 5.48. The van der Waals surface area contributed by atoms with E-state index in [1.165, 1.54) is 12.1 Å². The average molecular weight is 217 g/mol. The van der Waals surface area contributed by atoms with Gasteiger partial charge >= 0.3 is 6.18 Å². The zero-order valence-corrected chi connectivity index (χ0v) is 7.79. The molecule has 1 aromatic carbocycles. The molecule has 5 heteroatoms. The van der Waals surface area contributed by atoms with Crippen LogP contribution in [0, 0.1) is 0 Å². The fourth-order valence-corrected chi connectivity index (χ4v) is 1.28. The molecule has 82 valence electrons. The fourth-order valence-electron chi connectivity index (χ4n) is 1.28. The molecule has 0 aromatic heterocycles. The van der Waals surface area contributed by atoms with Gasteiger partial charge in [-0.15, -0.1) is 0 Å². The van der Waals surface area contributed by atoms with Crippen LogP contribution < -0.4 is 5.73 Å². The molecule has 0 heterocycles. The quantitative estimate of drug-likeness (QED) is 0.839. The summed E-state index contributed by atoms with van der Waals surface area (Å²) in [5.74, 6) is -3.10. The Kier molecular flexibility index (Phi) is 3.47. The number of alkyl halides is 3. The number of hydrogen-bond donors (Lipinski definition) is 1. The molecule has 0 bridgehead atoms. The minimum Gasteiger partial charge on any atom is -0.329 e. The molecule has 0 aliphatic carbocycles. The van der Waals surface area contributed by atoms with Crippen molar-refractivity contribution in [2.24, 2.45) is 5.73 Å². The summed E-state index contributed by atoms with van der Waals surface area (Å²) in [5, 5.41) is 0. The molecule has 1 rings (SSSR count). The van der Waals surface area contributed by atoms with Gasteiger partial charge in [0, 0.05) is 6.54 Å². The third-order valence-electron chi connectivity index (χ3n) is 2.03. The minimum atomic E-state index is -4.83. The molecule has 2 N–H and O–H groups in total. The molecule has 15 heavy (non-hydrogen) atoms. The van der Waals surface area contributed by atoms with Gasteiger partial charge < -0.3 is 5.73 Å². The Labute approximate surface area is 84.9 Å². The van der Waals surface area contributed by atoms with Crippen LogP contribution in [0.2, 0.25) is 0 Å². The number of Topliss-reactive ketones (excluding diaryl/α,β-unsaturated/α-hetero) is 1. The van der Waals surface area contributed by atoms with Crippen LogP contribution in [0.5, 0.6) is 0 Å². The van der Waals surface area contributed by atoms with Gasteiger partial charge in [-0.25, -0.2) is 0 Å². The van der Waals surface area contributed by atoms with Crippen LogP contribution in [0.25, 0.3) is 0 Å². The maximum atomic E-state index is 12.2. The van der Waals surface area contributed by atoms with Gasteiger partial charge in [0.2, 0.25) is 5.78 Å².